The molecule has 0 aliphatic rings. The van der Waals surface area contributed by atoms with Gasteiger partial charge in [0.05, 0.1) is 11.9 Å². The van der Waals surface area contributed by atoms with Crippen molar-refractivity contribution in [2.45, 2.75) is 19.9 Å². The third kappa shape index (κ3) is 2.69. The smallest absolute Gasteiger partial charge is 0.263 e. The third-order valence-corrected chi connectivity index (χ3v) is 5.25. The summed E-state index contributed by atoms with van der Waals surface area (Å²) in [6, 6.07) is 9.42. The van der Waals surface area contributed by atoms with Gasteiger partial charge in [0, 0.05) is 9.90 Å². The highest BCUT2D eigenvalue weighted by Gasteiger charge is 2.10. The SMILES string of the molecule is CCc1cc2c(=O)n(Cc3ccccc3Cl)c(=S)[nH]c2s1. The molecular formula is C15H13ClN2OS2. The summed E-state index contributed by atoms with van der Waals surface area (Å²) in [7, 11) is 0. The first-order valence-electron chi connectivity index (χ1n) is 6.59. The van der Waals surface area contributed by atoms with E-state index in [1.807, 2.05) is 30.3 Å². The average Bonchev–Trinajstić information content (AvgIpc) is 2.88. The second-order valence-electron chi connectivity index (χ2n) is 4.72. The van der Waals surface area contributed by atoms with Crippen molar-refractivity contribution in [2.24, 2.45) is 0 Å². The Labute approximate surface area is 135 Å². The lowest BCUT2D eigenvalue weighted by molar-refractivity contribution is 0.735. The standard InChI is InChI=1S/C15H13ClN2OS2/c1-2-10-7-11-13(21-10)17-15(20)18(14(11)19)8-9-5-3-4-6-12(9)16/h3-7H,2,8H2,1H3,(H,17,20). The Kier molecular flexibility index (Phi) is 3.97. The predicted molar refractivity (Wildman–Crippen MR) is 91.2 cm³/mol. The van der Waals surface area contributed by atoms with Gasteiger partial charge in [0.2, 0.25) is 0 Å². The highest BCUT2D eigenvalue weighted by Crippen LogP contribution is 2.22. The van der Waals surface area contributed by atoms with Gasteiger partial charge in [-0.3, -0.25) is 9.36 Å². The maximum atomic E-state index is 12.6. The van der Waals surface area contributed by atoms with E-state index in [4.69, 9.17) is 23.8 Å². The van der Waals surface area contributed by atoms with Crippen LogP contribution in [-0.2, 0) is 13.0 Å². The summed E-state index contributed by atoms with van der Waals surface area (Å²) < 4.78 is 1.99. The van der Waals surface area contributed by atoms with Crippen molar-refractivity contribution in [1.29, 1.82) is 0 Å². The first kappa shape index (κ1) is 14.5. The van der Waals surface area contributed by atoms with Gasteiger partial charge in [0.1, 0.15) is 4.83 Å². The molecule has 0 amide bonds. The molecule has 0 aliphatic carbocycles. The van der Waals surface area contributed by atoms with Gasteiger partial charge in [-0.15, -0.1) is 11.3 Å². The number of nitrogens with zero attached hydrogens (tertiary/aromatic N) is 1. The molecule has 0 unspecified atom stereocenters. The van der Waals surface area contributed by atoms with Crippen LogP contribution in [0.5, 0.6) is 0 Å². The molecule has 6 heteroatoms. The van der Waals surface area contributed by atoms with Gasteiger partial charge in [-0.2, -0.15) is 0 Å². The molecule has 0 bridgehead atoms. The minimum atomic E-state index is -0.0652. The molecule has 2 aromatic heterocycles. The van der Waals surface area contributed by atoms with Crippen LogP contribution in [-0.4, -0.2) is 9.55 Å². The quantitative estimate of drug-likeness (QED) is 0.720. The van der Waals surface area contributed by atoms with E-state index in [-0.39, 0.29) is 5.56 Å². The van der Waals surface area contributed by atoms with Crippen LogP contribution in [0, 0.1) is 4.77 Å². The van der Waals surface area contributed by atoms with Crippen LogP contribution in [0.3, 0.4) is 0 Å². The largest absolute Gasteiger partial charge is 0.323 e. The fourth-order valence-electron chi connectivity index (χ4n) is 2.21. The Hall–Kier alpha value is -1.43. The highest BCUT2D eigenvalue weighted by molar-refractivity contribution is 7.71. The van der Waals surface area contributed by atoms with Crippen molar-refractivity contribution in [3.8, 4) is 0 Å². The second-order valence-corrected chi connectivity index (χ2v) is 6.65. The van der Waals surface area contributed by atoms with Crippen LogP contribution in [0.15, 0.2) is 35.1 Å². The van der Waals surface area contributed by atoms with Crippen molar-refractivity contribution < 1.29 is 0 Å². The van der Waals surface area contributed by atoms with Crippen molar-refractivity contribution >= 4 is 45.4 Å². The number of nitrogens with one attached hydrogen (secondary N) is 1. The second kappa shape index (κ2) is 5.75. The van der Waals surface area contributed by atoms with Gasteiger partial charge >= 0.3 is 0 Å². The van der Waals surface area contributed by atoms with Crippen LogP contribution >= 0.6 is 35.2 Å². The molecule has 0 aliphatic heterocycles. The lowest BCUT2D eigenvalue weighted by Gasteiger charge is -2.08. The number of benzene rings is 1. The molecule has 1 N–H and O–H groups in total. The molecule has 1 aromatic carbocycles. The summed E-state index contributed by atoms with van der Waals surface area (Å²) in [5.74, 6) is 0. The fourth-order valence-corrected chi connectivity index (χ4v) is 3.71. The number of hydrogen-bond acceptors (Lipinski definition) is 3. The summed E-state index contributed by atoms with van der Waals surface area (Å²) in [5.41, 5.74) is 0.815. The van der Waals surface area contributed by atoms with Gasteiger partial charge in [0.25, 0.3) is 5.56 Å². The molecule has 2 heterocycles. The van der Waals surface area contributed by atoms with Crippen molar-refractivity contribution in [1.82, 2.24) is 9.55 Å². The predicted octanol–water partition coefficient (Wildman–Crippen LogP) is 4.38. The third-order valence-electron chi connectivity index (χ3n) is 3.36. The summed E-state index contributed by atoms with van der Waals surface area (Å²) in [6.45, 7) is 2.45. The van der Waals surface area contributed by atoms with E-state index in [1.54, 1.807) is 15.9 Å². The maximum Gasteiger partial charge on any atom is 0.263 e. The Bertz CT molecular complexity index is 923. The van der Waals surface area contributed by atoms with Gasteiger partial charge in [0.15, 0.2) is 4.77 Å². The number of thiophene rings is 1. The molecule has 0 atom stereocenters. The highest BCUT2D eigenvalue weighted by atomic mass is 35.5. The fraction of sp³-hybridized carbons (Fsp3) is 0.200. The Morgan fingerprint density at radius 1 is 1.38 bits per heavy atom. The first-order valence-corrected chi connectivity index (χ1v) is 8.19. The topological polar surface area (TPSA) is 37.8 Å². The lowest BCUT2D eigenvalue weighted by Crippen LogP contribution is -2.22. The van der Waals surface area contributed by atoms with Crippen LogP contribution < -0.4 is 5.56 Å². The molecule has 3 rings (SSSR count). The van der Waals surface area contributed by atoms with E-state index in [0.29, 0.717) is 21.7 Å². The number of hydrogen-bond donors (Lipinski definition) is 1. The minimum Gasteiger partial charge on any atom is -0.323 e. The van der Waals surface area contributed by atoms with Gasteiger partial charge in [-0.05, 0) is 36.3 Å². The molecule has 3 nitrogen and oxygen atoms in total. The van der Waals surface area contributed by atoms with Crippen molar-refractivity contribution in [2.75, 3.05) is 0 Å². The molecule has 21 heavy (non-hydrogen) atoms. The minimum absolute atomic E-state index is 0.0652. The molecule has 0 spiro atoms. The molecule has 108 valence electrons. The average molecular weight is 337 g/mol. The van der Waals surface area contributed by atoms with E-state index in [9.17, 15) is 4.79 Å². The number of halogens is 1. The van der Waals surface area contributed by atoms with Crippen LogP contribution in [0.1, 0.15) is 17.4 Å². The molecule has 3 aromatic rings. The number of fused-ring (bicyclic) bond motifs is 1. The van der Waals surface area contributed by atoms with Gasteiger partial charge in [-0.25, -0.2) is 0 Å². The molecule has 0 fully saturated rings. The van der Waals surface area contributed by atoms with Gasteiger partial charge in [-0.1, -0.05) is 36.7 Å². The Morgan fingerprint density at radius 3 is 2.86 bits per heavy atom. The number of H-pyrrole nitrogens is 1. The first-order chi connectivity index (χ1) is 10.1. The van der Waals surface area contributed by atoms with E-state index in [0.717, 1.165) is 16.8 Å². The Morgan fingerprint density at radius 2 is 2.14 bits per heavy atom. The van der Waals surface area contributed by atoms with E-state index >= 15 is 0 Å². The summed E-state index contributed by atoms with van der Waals surface area (Å²) in [6.07, 6.45) is 0.907. The normalized spacial score (nSPS) is 11.1. The zero-order chi connectivity index (χ0) is 15.0. The number of aryl methyl sites for hydroxylation is 1. The monoisotopic (exact) mass is 336 g/mol. The maximum absolute atomic E-state index is 12.6. The lowest BCUT2D eigenvalue weighted by atomic mass is 10.2. The summed E-state index contributed by atoms with van der Waals surface area (Å²) >= 11 is 13.1. The Balaban J connectivity index is 2.17. The van der Waals surface area contributed by atoms with Crippen molar-refractivity contribution in [3.63, 3.8) is 0 Å². The zero-order valence-electron chi connectivity index (χ0n) is 11.4. The summed E-state index contributed by atoms with van der Waals surface area (Å²) in [5, 5.41) is 1.33. The van der Waals surface area contributed by atoms with E-state index < -0.39 is 0 Å². The number of rotatable bonds is 3. The van der Waals surface area contributed by atoms with E-state index in [1.165, 1.54) is 4.88 Å². The molecular weight excluding hydrogens is 324 g/mol. The number of aromatic amines is 1. The van der Waals surface area contributed by atoms with Crippen LogP contribution in [0.2, 0.25) is 5.02 Å². The van der Waals surface area contributed by atoms with Gasteiger partial charge < -0.3 is 4.98 Å². The summed E-state index contributed by atoms with van der Waals surface area (Å²) in [4.78, 5) is 17.8. The van der Waals surface area contributed by atoms with Crippen LogP contribution in [0.25, 0.3) is 10.2 Å². The molecule has 0 radical (unpaired) electrons. The zero-order valence-corrected chi connectivity index (χ0v) is 13.7. The number of aromatic nitrogens is 2. The van der Waals surface area contributed by atoms with Crippen LogP contribution in [0.4, 0.5) is 0 Å². The van der Waals surface area contributed by atoms with E-state index in [2.05, 4.69) is 11.9 Å². The molecule has 0 saturated carbocycles. The van der Waals surface area contributed by atoms with Crippen molar-refractivity contribution in [3.05, 3.63) is 60.9 Å². The molecule has 0 saturated heterocycles.